The lowest BCUT2D eigenvalue weighted by Gasteiger charge is -2.44. The fourth-order valence-electron chi connectivity index (χ4n) is 1.40. The highest BCUT2D eigenvalue weighted by atomic mass is 16.6. The monoisotopic (exact) mass is 161 g/mol. The van der Waals surface area contributed by atoms with E-state index >= 15 is 0 Å². The molecular weight excluding hydrogens is 146 g/mol. The van der Waals surface area contributed by atoms with Crippen molar-refractivity contribution in [3.05, 3.63) is 0 Å². The molecule has 4 atom stereocenters. The Labute approximate surface area is 66.3 Å². The van der Waals surface area contributed by atoms with Crippen LogP contribution in [0.2, 0.25) is 0 Å². The van der Waals surface area contributed by atoms with E-state index in [9.17, 15) is 0 Å². The molecule has 3 N–H and O–H groups in total. The molecule has 1 heterocycles. The van der Waals surface area contributed by atoms with Crippen molar-refractivity contribution in [1.82, 2.24) is 0 Å². The molecule has 11 heavy (non-hydrogen) atoms. The third kappa shape index (κ3) is 1.54. The largest absolute Gasteiger partial charge is 0.394 e. The van der Waals surface area contributed by atoms with Gasteiger partial charge in [-0.2, -0.15) is 0 Å². The van der Waals surface area contributed by atoms with Gasteiger partial charge in [0, 0.05) is 7.11 Å². The molecule has 1 fully saturated rings. The summed E-state index contributed by atoms with van der Waals surface area (Å²) < 4.78 is 10.2. The minimum Gasteiger partial charge on any atom is -0.394 e. The van der Waals surface area contributed by atoms with Crippen LogP contribution in [0.1, 0.15) is 6.92 Å². The van der Waals surface area contributed by atoms with E-state index in [0.717, 1.165) is 0 Å². The van der Waals surface area contributed by atoms with Gasteiger partial charge in [-0.3, -0.25) is 0 Å². The molecule has 0 aromatic rings. The van der Waals surface area contributed by atoms with E-state index in [2.05, 4.69) is 0 Å². The highest BCUT2D eigenvalue weighted by Crippen LogP contribution is 2.28. The van der Waals surface area contributed by atoms with Crippen molar-refractivity contribution in [2.75, 3.05) is 13.7 Å². The molecule has 0 aliphatic carbocycles. The topological polar surface area (TPSA) is 64.7 Å². The quantitative estimate of drug-likeness (QED) is 0.575. The summed E-state index contributed by atoms with van der Waals surface area (Å²) in [4.78, 5) is 0. The second-order valence-corrected chi connectivity index (χ2v) is 2.84. The molecule has 0 radical (unpaired) electrons. The van der Waals surface area contributed by atoms with E-state index in [1.54, 1.807) is 7.11 Å². The maximum atomic E-state index is 8.78. The van der Waals surface area contributed by atoms with Crippen LogP contribution in [-0.4, -0.2) is 37.3 Å². The van der Waals surface area contributed by atoms with Crippen LogP contribution in [-0.2, 0) is 9.47 Å². The van der Waals surface area contributed by atoms with Crippen molar-refractivity contribution in [2.45, 2.75) is 25.4 Å². The standard InChI is InChI=1S/C7H15NO3/c1-4(10-2)6-5(3-9)11-7(6)8/h4-7,9H,3,8H2,1-2H3. The predicted octanol–water partition coefficient (Wildman–Crippen LogP) is -0.687. The third-order valence-corrected chi connectivity index (χ3v) is 2.23. The first-order valence-electron chi connectivity index (χ1n) is 3.75. The normalized spacial score (nSPS) is 39.8. The maximum absolute atomic E-state index is 8.78. The first-order valence-corrected chi connectivity index (χ1v) is 3.75. The highest BCUT2D eigenvalue weighted by molar-refractivity contribution is 4.88. The Morgan fingerprint density at radius 2 is 2.36 bits per heavy atom. The number of aliphatic hydroxyl groups excluding tert-OH is 1. The van der Waals surface area contributed by atoms with Gasteiger partial charge in [0.15, 0.2) is 0 Å². The number of rotatable bonds is 3. The molecule has 1 saturated heterocycles. The van der Waals surface area contributed by atoms with Gasteiger partial charge in [-0.05, 0) is 6.92 Å². The molecule has 0 bridgehead atoms. The van der Waals surface area contributed by atoms with Crippen molar-refractivity contribution >= 4 is 0 Å². The molecule has 1 aliphatic heterocycles. The van der Waals surface area contributed by atoms with Crippen LogP contribution in [0.25, 0.3) is 0 Å². The van der Waals surface area contributed by atoms with Crippen molar-refractivity contribution in [3.8, 4) is 0 Å². The van der Waals surface area contributed by atoms with Crippen LogP contribution in [0.15, 0.2) is 0 Å². The van der Waals surface area contributed by atoms with Crippen LogP contribution in [0.5, 0.6) is 0 Å². The smallest absolute Gasteiger partial charge is 0.114 e. The molecule has 0 saturated carbocycles. The molecule has 4 nitrogen and oxygen atoms in total. The van der Waals surface area contributed by atoms with Gasteiger partial charge < -0.3 is 20.3 Å². The van der Waals surface area contributed by atoms with Gasteiger partial charge in [-0.15, -0.1) is 0 Å². The Morgan fingerprint density at radius 3 is 2.73 bits per heavy atom. The molecular formula is C7H15NO3. The van der Waals surface area contributed by atoms with E-state index in [-0.39, 0.29) is 31.0 Å². The van der Waals surface area contributed by atoms with Gasteiger partial charge in [-0.1, -0.05) is 0 Å². The zero-order valence-corrected chi connectivity index (χ0v) is 6.86. The van der Waals surface area contributed by atoms with E-state index in [0.29, 0.717) is 0 Å². The van der Waals surface area contributed by atoms with Gasteiger partial charge >= 0.3 is 0 Å². The zero-order chi connectivity index (χ0) is 8.43. The highest BCUT2D eigenvalue weighted by Gasteiger charge is 2.43. The average molecular weight is 161 g/mol. The second-order valence-electron chi connectivity index (χ2n) is 2.84. The van der Waals surface area contributed by atoms with Crippen LogP contribution in [0.3, 0.4) is 0 Å². The van der Waals surface area contributed by atoms with E-state index in [4.69, 9.17) is 20.3 Å². The van der Waals surface area contributed by atoms with Crippen LogP contribution >= 0.6 is 0 Å². The summed E-state index contributed by atoms with van der Waals surface area (Å²) in [7, 11) is 1.63. The number of hydrogen-bond acceptors (Lipinski definition) is 4. The lowest BCUT2D eigenvalue weighted by molar-refractivity contribution is -0.227. The van der Waals surface area contributed by atoms with Crippen molar-refractivity contribution in [1.29, 1.82) is 0 Å². The van der Waals surface area contributed by atoms with Gasteiger partial charge in [0.05, 0.1) is 24.7 Å². The minimum atomic E-state index is -0.276. The van der Waals surface area contributed by atoms with Crippen LogP contribution in [0, 0.1) is 5.92 Å². The van der Waals surface area contributed by atoms with Crippen LogP contribution in [0.4, 0.5) is 0 Å². The van der Waals surface area contributed by atoms with Crippen LogP contribution < -0.4 is 5.73 Å². The number of methoxy groups -OCH3 is 1. The first kappa shape index (κ1) is 8.93. The Balaban J connectivity index is 2.41. The van der Waals surface area contributed by atoms with Crippen molar-refractivity contribution in [2.24, 2.45) is 11.7 Å². The molecule has 4 unspecified atom stereocenters. The Kier molecular flexibility index (Phi) is 2.84. The first-order chi connectivity index (χ1) is 5.20. The molecule has 0 spiro atoms. The molecule has 1 aliphatic rings. The summed E-state index contributed by atoms with van der Waals surface area (Å²) in [6, 6.07) is 0. The van der Waals surface area contributed by atoms with E-state index < -0.39 is 0 Å². The number of hydrogen-bond donors (Lipinski definition) is 2. The predicted molar refractivity (Wildman–Crippen MR) is 39.9 cm³/mol. The second kappa shape index (κ2) is 3.49. The third-order valence-electron chi connectivity index (χ3n) is 2.23. The molecule has 0 aromatic heterocycles. The molecule has 0 amide bonds. The zero-order valence-electron chi connectivity index (χ0n) is 6.86. The van der Waals surface area contributed by atoms with Gasteiger partial charge in [0.2, 0.25) is 0 Å². The average Bonchev–Trinajstić information content (AvgIpc) is 1.99. The van der Waals surface area contributed by atoms with Gasteiger partial charge in [0.1, 0.15) is 6.23 Å². The summed E-state index contributed by atoms with van der Waals surface area (Å²) in [5.74, 6) is 0.130. The Bertz CT molecular complexity index is 125. The maximum Gasteiger partial charge on any atom is 0.114 e. The SMILES string of the molecule is COC(C)C1C(N)OC1CO. The Hall–Kier alpha value is -0.160. The summed E-state index contributed by atoms with van der Waals surface area (Å²) in [6.07, 6.45) is -0.363. The summed E-state index contributed by atoms with van der Waals surface area (Å²) >= 11 is 0. The summed E-state index contributed by atoms with van der Waals surface area (Å²) in [6.45, 7) is 1.95. The number of aliphatic hydroxyl groups is 1. The fourth-order valence-corrected chi connectivity index (χ4v) is 1.40. The summed E-state index contributed by atoms with van der Waals surface area (Å²) in [5, 5.41) is 8.78. The fraction of sp³-hybridized carbons (Fsp3) is 1.00. The molecule has 0 aromatic carbocycles. The molecule has 4 heteroatoms. The lowest BCUT2D eigenvalue weighted by Crippen LogP contribution is -2.59. The van der Waals surface area contributed by atoms with Crippen molar-refractivity contribution < 1.29 is 14.6 Å². The van der Waals surface area contributed by atoms with E-state index in [1.165, 1.54) is 0 Å². The number of nitrogens with two attached hydrogens (primary N) is 1. The van der Waals surface area contributed by atoms with Gasteiger partial charge in [0.25, 0.3) is 0 Å². The molecule has 1 rings (SSSR count). The Morgan fingerprint density at radius 1 is 1.73 bits per heavy atom. The van der Waals surface area contributed by atoms with E-state index in [1.807, 2.05) is 6.92 Å². The lowest BCUT2D eigenvalue weighted by atomic mass is 9.90. The minimum absolute atomic E-state index is 0.0199. The molecule has 66 valence electrons. The number of ether oxygens (including phenoxy) is 2. The summed E-state index contributed by atoms with van der Waals surface area (Å²) in [5.41, 5.74) is 5.55. The van der Waals surface area contributed by atoms with Gasteiger partial charge in [-0.25, -0.2) is 0 Å². The van der Waals surface area contributed by atoms with Crippen molar-refractivity contribution in [3.63, 3.8) is 0 Å².